The van der Waals surface area contributed by atoms with Crippen LogP contribution in [0.25, 0.3) is 16.6 Å². The summed E-state index contributed by atoms with van der Waals surface area (Å²) in [6.45, 7) is 10.0. The van der Waals surface area contributed by atoms with Crippen molar-refractivity contribution in [1.82, 2.24) is 24.5 Å². The molecule has 3 aromatic carbocycles. The molecule has 2 saturated heterocycles. The smallest absolute Gasteiger partial charge is 0.277 e. The number of piperidine rings is 1. The van der Waals surface area contributed by atoms with E-state index in [0.29, 0.717) is 37.6 Å². The Balaban J connectivity index is 0.931. The quantitative estimate of drug-likeness (QED) is 0.0902. The number of amides is 2. The van der Waals surface area contributed by atoms with Gasteiger partial charge in [-0.05, 0) is 97.9 Å². The number of nitrogens with one attached hydrogen (secondary N) is 2. The van der Waals surface area contributed by atoms with E-state index in [1.165, 1.54) is 35.0 Å². The largest absolute Gasteiger partial charge is 0.493 e. The summed E-state index contributed by atoms with van der Waals surface area (Å²) in [5, 5.41) is 13.9. The molecule has 0 bridgehead atoms. The van der Waals surface area contributed by atoms with Crippen LogP contribution < -0.4 is 19.1 Å². The number of anilines is 1. The van der Waals surface area contributed by atoms with Gasteiger partial charge < -0.3 is 24.3 Å². The lowest BCUT2D eigenvalue weighted by molar-refractivity contribution is -0.386. The average Bonchev–Trinajstić information content (AvgIpc) is 3.78. The first-order valence-electron chi connectivity index (χ1n) is 22.7. The molecule has 15 nitrogen and oxygen atoms in total. The zero-order chi connectivity index (χ0) is 46.2. The lowest BCUT2D eigenvalue weighted by Gasteiger charge is -2.39. The summed E-state index contributed by atoms with van der Waals surface area (Å²) >= 11 is 6.25. The van der Waals surface area contributed by atoms with Crippen molar-refractivity contribution in [1.29, 1.82) is 0 Å². The summed E-state index contributed by atoms with van der Waals surface area (Å²) in [7, 11) is -4.68. The fourth-order valence-electron chi connectivity index (χ4n) is 9.68. The molecule has 0 spiro atoms. The van der Waals surface area contributed by atoms with Crippen LogP contribution in [0.4, 0.5) is 11.4 Å². The SMILES string of the molecule is CC1(C)CCC(CN2CCN(c3ccc(C(=O)NS(=O)(=O)c4cc5c(c([N+](=O)[O-])c4)C[C@H](CC(=O)N4CCCCC4)CO5)c(Oc4cnc5[nH]ccc5c4)c3)CC2)=C(c2ccc(Cl)cc2)C1. The minimum Gasteiger partial charge on any atom is -0.493 e. The number of benzene rings is 3. The summed E-state index contributed by atoms with van der Waals surface area (Å²) in [4.78, 5) is 52.3. The number of ether oxygens (including phenoxy) is 2. The number of halogens is 1. The second kappa shape index (κ2) is 18.7. The van der Waals surface area contributed by atoms with Gasteiger partial charge in [0.1, 0.15) is 22.9 Å². The van der Waals surface area contributed by atoms with Crippen molar-refractivity contribution in [2.24, 2.45) is 11.3 Å². The van der Waals surface area contributed by atoms with E-state index in [2.05, 4.69) is 50.5 Å². The van der Waals surface area contributed by atoms with E-state index in [1.807, 2.05) is 23.1 Å². The van der Waals surface area contributed by atoms with Crippen molar-refractivity contribution in [2.45, 2.75) is 70.1 Å². The Morgan fingerprint density at radius 2 is 1.77 bits per heavy atom. The molecule has 2 amide bonds. The topological polar surface area (TPSA) is 180 Å². The molecule has 2 N–H and O–H groups in total. The van der Waals surface area contributed by atoms with E-state index in [4.69, 9.17) is 21.1 Å². The number of sulfonamides is 1. The first-order chi connectivity index (χ1) is 31.7. The third-order valence-electron chi connectivity index (χ3n) is 13.4. The van der Waals surface area contributed by atoms with Gasteiger partial charge in [-0.25, -0.2) is 18.1 Å². The highest BCUT2D eigenvalue weighted by Gasteiger charge is 2.34. The number of rotatable bonds is 12. The molecule has 5 heterocycles. The fraction of sp³-hybridized carbons (Fsp3) is 0.408. The van der Waals surface area contributed by atoms with Gasteiger partial charge in [0.05, 0.1) is 33.7 Å². The molecule has 5 aromatic rings. The van der Waals surface area contributed by atoms with E-state index in [-0.39, 0.29) is 59.3 Å². The van der Waals surface area contributed by atoms with Crippen molar-refractivity contribution in [3.05, 3.63) is 117 Å². The number of aromatic amines is 1. The van der Waals surface area contributed by atoms with Gasteiger partial charge in [-0.3, -0.25) is 24.6 Å². The normalized spacial score (nSPS) is 19.0. The number of hydrogen-bond donors (Lipinski definition) is 2. The highest BCUT2D eigenvalue weighted by atomic mass is 35.5. The number of piperazine rings is 1. The van der Waals surface area contributed by atoms with Crippen LogP contribution in [0.2, 0.25) is 5.02 Å². The summed E-state index contributed by atoms with van der Waals surface area (Å²) in [5.41, 5.74) is 5.42. The van der Waals surface area contributed by atoms with Crippen molar-refractivity contribution in [3.8, 4) is 17.2 Å². The maximum absolute atomic E-state index is 14.1. The molecular weight excluding hydrogens is 882 g/mol. The molecular formula is C49H54ClN7O8S. The molecule has 3 aliphatic heterocycles. The van der Waals surface area contributed by atoms with Gasteiger partial charge in [-0.1, -0.05) is 43.2 Å². The van der Waals surface area contributed by atoms with Crippen LogP contribution in [0.3, 0.4) is 0 Å². The van der Waals surface area contributed by atoms with E-state index < -0.39 is 31.4 Å². The van der Waals surface area contributed by atoms with E-state index in [0.717, 1.165) is 80.3 Å². The van der Waals surface area contributed by atoms with Crippen molar-refractivity contribution in [3.63, 3.8) is 0 Å². The Kier molecular flexibility index (Phi) is 12.8. The molecule has 0 unspecified atom stereocenters. The maximum Gasteiger partial charge on any atom is 0.277 e. The van der Waals surface area contributed by atoms with E-state index >= 15 is 0 Å². The summed E-state index contributed by atoms with van der Waals surface area (Å²) in [5.74, 6) is -0.858. The Morgan fingerprint density at radius 3 is 2.53 bits per heavy atom. The molecule has 66 heavy (non-hydrogen) atoms. The third-order valence-corrected chi connectivity index (χ3v) is 14.9. The maximum atomic E-state index is 14.1. The molecule has 0 radical (unpaired) electrons. The molecule has 0 saturated carbocycles. The van der Waals surface area contributed by atoms with Gasteiger partial charge in [-0.15, -0.1) is 0 Å². The Morgan fingerprint density at radius 1 is 1.00 bits per heavy atom. The first kappa shape index (κ1) is 45.2. The predicted molar refractivity (Wildman–Crippen MR) is 253 cm³/mol. The van der Waals surface area contributed by atoms with Crippen LogP contribution >= 0.6 is 11.6 Å². The zero-order valence-electron chi connectivity index (χ0n) is 37.2. The zero-order valence-corrected chi connectivity index (χ0v) is 38.8. The second-order valence-electron chi connectivity index (χ2n) is 18.7. The molecule has 1 atom stereocenters. The van der Waals surface area contributed by atoms with Gasteiger partial charge >= 0.3 is 0 Å². The monoisotopic (exact) mass is 935 g/mol. The highest BCUT2D eigenvalue weighted by molar-refractivity contribution is 7.90. The van der Waals surface area contributed by atoms with Crippen LogP contribution in [0, 0.1) is 21.4 Å². The van der Waals surface area contributed by atoms with E-state index in [9.17, 15) is 28.1 Å². The number of H-pyrrole nitrogens is 1. The number of nitrogens with zero attached hydrogens (tertiary/aromatic N) is 5. The second-order valence-corrected chi connectivity index (χ2v) is 20.8. The van der Waals surface area contributed by atoms with Crippen molar-refractivity contribution >= 4 is 61.4 Å². The molecule has 2 aromatic heterocycles. The number of aromatic nitrogens is 2. The third kappa shape index (κ3) is 10.1. The molecule has 9 rings (SSSR count). The van der Waals surface area contributed by atoms with E-state index in [1.54, 1.807) is 24.4 Å². The van der Waals surface area contributed by atoms with Crippen LogP contribution in [-0.2, 0) is 21.2 Å². The minimum absolute atomic E-state index is 0.0199. The first-order valence-corrected chi connectivity index (χ1v) is 24.5. The molecule has 17 heteroatoms. The number of pyridine rings is 1. The van der Waals surface area contributed by atoms with Crippen LogP contribution in [0.5, 0.6) is 17.2 Å². The lowest BCUT2D eigenvalue weighted by atomic mass is 9.72. The summed E-state index contributed by atoms with van der Waals surface area (Å²) in [6, 6.07) is 18.9. The number of carbonyl (C=O) groups excluding carboxylic acids is 2. The minimum atomic E-state index is -4.68. The van der Waals surface area contributed by atoms with Gasteiger partial charge in [0, 0.05) is 98.6 Å². The van der Waals surface area contributed by atoms with Crippen molar-refractivity contribution in [2.75, 3.05) is 57.3 Å². The summed E-state index contributed by atoms with van der Waals surface area (Å²) in [6.07, 6.45) is 9.75. The van der Waals surface area contributed by atoms with Crippen LogP contribution in [0.1, 0.15) is 80.3 Å². The number of nitro groups is 1. The Hall–Kier alpha value is -5.97. The average molecular weight is 937 g/mol. The van der Waals surface area contributed by atoms with Crippen LogP contribution in [-0.4, -0.2) is 97.3 Å². The molecule has 4 aliphatic rings. The van der Waals surface area contributed by atoms with Crippen molar-refractivity contribution < 1.29 is 32.4 Å². The fourth-order valence-corrected chi connectivity index (χ4v) is 10.8. The highest BCUT2D eigenvalue weighted by Crippen LogP contribution is 2.44. The number of allylic oxidation sites excluding steroid dienone is 1. The number of nitro benzene ring substituents is 1. The standard InChI is InChI=1S/C49H54ClN7O8S/c1-49(2)14-12-35(42(28-49)33-6-8-36(50)9-7-33)30-54-18-20-55(21-19-54)37-10-11-40(45(25-37)65-38-24-34-13-15-51-47(34)52-29-38)48(59)53-66(62,63)39-26-43(57(60)61)41-22-32(31-64-44(41)27-39)23-46(58)56-16-4-3-5-17-56/h6-11,13,15,24-27,29,32H,3-5,12,14,16-23,28,30-31H2,1-2H3,(H,51,52)(H,53,59)/t32-/m1/s1. The van der Waals surface area contributed by atoms with Gasteiger partial charge in [0.15, 0.2) is 0 Å². The van der Waals surface area contributed by atoms with Gasteiger partial charge in [-0.2, -0.15) is 0 Å². The Labute approximate surface area is 389 Å². The molecule has 346 valence electrons. The number of likely N-dealkylation sites (tertiary alicyclic amines) is 1. The number of hydrogen-bond acceptors (Lipinski definition) is 11. The number of fused-ring (bicyclic) bond motifs is 2. The lowest BCUT2D eigenvalue weighted by Crippen LogP contribution is -2.47. The predicted octanol–water partition coefficient (Wildman–Crippen LogP) is 8.78. The summed E-state index contributed by atoms with van der Waals surface area (Å²) < 4.78 is 42.3. The molecule has 1 aliphatic carbocycles. The number of carbonyl (C=O) groups is 2. The molecule has 2 fully saturated rings. The van der Waals surface area contributed by atoms with Gasteiger partial charge in [0.2, 0.25) is 5.91 Å². The van der Waals surface area contributed by atoms with Gasteiger partial charge in [0.25, 0.3) is 21.6 Å². The Bertz CT molecular complexity index is 2810. The van der Waals surface area contributed by atoms with Crippen LogP contribution in [0.15, 0.2) is 89.6 Å².